The van der Waals surface area contributed by atoms with Crippen molar-refractivity contribution in [1.29, 1.82) is 0 Å². The van der Waals surface area contributed by atoms with E-state index in [1.54, 1.807) is 12.1 Å². The standard InChI is InChI=1S/C17H21ClF3N3O3/c1-27-14-3-2-12(18)8-13(14)23-16(26)15(25)22-9-11-4-6-24(7-5-11)10-17(19,20)21/h2-3,8,11H,4-7,9-10H2,1H3,(H,22,25)(H,23,26). The molecule has 1 aromatic carbocycles. The molecule has 0 bridgehead atoms. The van der Waals surface area contributed by atoms with E-state index in [-0.39, 0.29) is 18.2 Å². The second-order valence-corrected chi connectivity index (χ2v) is 6.78. The van der Waals surface area contributed by atoms with Crippen LogP contribution in [-0.4, -0.2) is 56.2 Å². The fraction of sp³-hybridized carbons (Fsp3) is 0.529. The number of nitrogens with one attached hydrogen (secondary N) is 2. The highest BCUT2D eigenvalue weighted by Crippen LogP contribution is 2.27. The molecular formula is C17H21ClF3N3O3. The Kier molecular flexibility index (Phi) is 7.32. The number of likely N-dealkylation sites (tertiary alicyclic amines) is 1. The zero-order valence-electron chi connectivity index (χ0n) is 14.7. The molecule has 0 radical (unpaired) electrons. The third-order valence-electron chi connectivity index (χ3n) is 4.28. The number of benzene rings is 1. The molecule has 0 spiro atoms. The van der Waals surface area contributed by atoms with Gasteiger partial charge in [0.2, 0.25) is 0 Å². The molecule has 1 heterocycles. The van der Waals surface area contributed by atoms with Crippen molar-refractivity contribution in [3.63, 3.8) is 0 Å². The molecule has 0 saturated carbocycles. The number of amides is 2. The first-order valence-electron chi connectivity index (χ1n) is 8.40. The van der Waals surface area contributed by atoms with Crippen LogP contribution in [0.15, 0.2) is 18.2 Å². The maximum Gasteiger partial charge on any atom is 0.401 e. The van der Waals surface area contributed by atoms with Crippen LogP contribution in [0.3, 0.4) is 0 Å². The lowest BCUT2D eigenvalue weighted by Crippen LogP contribution is -2.44. The highest BCUT2D eigenvalue weighted by atomic mass is 35.5. The molecule has 6 nitrogen and oxygen atoms in total. The lowest BCUT2D eigenvalue weighted by atomic mass is 9.97. The highest BCUT2D eigenvalue weighted by Gasteiger charge is 2.32. The zero-order valence-corrected chi connectivity index (χ0v) is 15.5. The van der Waals surface area contributed by atoms with Gasteiger partial charge in [0, 0.05) is 11.6 Å². The molecule has 2 amide bonds. The number of alkyl halides is 3. The Balaban J connectivity index is 1.78. The Morgan fingerprint density at radius 1 is 1.26 bits per heavy atom. The van der Waals surface area contributed by atoms with Crippen LogP contribution in [-0.2, 0) is 9.59 Å². The van der Waals surface area contributed by atoms with Gasteiger partial charge in [-0.2, -0.15) is 13.2 Å². The maximum absolute atomic E-state index is 12.4. The van der Waals surface area contributed by atoms with Gasteiger partial charge >= 0.3 is 18.0 Å². The first-order valence-corrected chi connectivity index (χ1v) is 8.77. The molecule has 0 atom stereocenters. The van der Waals surface area contributed by atoms with Crippen LogP contribution in [0.2, 0.25) is 5.02 Å². The normalized spacial score (nSPS) is 16.0. The predicted octanol–water partition coefficient (Wildman–Crippen LogP) is 2.68. The van der Waals surface area contributed by atoms with Gasteiger partial charge in [0.05, 0.1) is 19.3 Å². The average Bonchev–Trinajstić information content (AvgIpc) is 2.59. The molecular weight excluding hydrogens is 387 g/mol. The first kappa shape index (κ1) is 21.3. The third kappa shape index (κ3) is 6.91. The summed E-state index contributed by atoms with van der Waals surface area (Å²) in [6.45, 7) is -0.0628. The van der Waals surface area contributed by atoms with E-state index in [1.165, 1.54) is 18.1 Å². The Morgan fingerprint density at radius 2 is 1.93 bits per heavy atom. The number of methoxy groups -OCH3 is 1. The van der Waals surface area contributed by atoms with Gasteiger partial charge in [-0.15, -0.1) is 0 Å². The van der Waals surface area contributed by atoms with Gasteiger partial charge in [-0.05, 0) is 50.0 Å². The van der Waals surface area contributed by atoms with E-state index < -0.39 is 24.5 Å². The van der Waals surface area contributed by atoms with E-state index in [0.717, 1.165) is 0 Å². The third-order valence-corrected chi connectivity index (χ3v) is 4.51. The molecule has 10 heteroatoms. The van der Waals surface area contributed by atoms with Crippen molar-refractivity contribution in [2.45, 2.75) is 19.0 Å². The number of piperidine rings is 1. The van der Waals surface area contributed by atoms with Crippen LogP contribution < -0.4 is 15.4 Å². The number of halogens is 4. The van der Waals surface area contributed by atoms with Crippen molar-refractivity contribution in [3.8, 4) is 5.75 Å². The molecule has 1 saturated heterocycles. The summed E-state index contributed by atoms with van der Waals surface area (Å²) >= 11 is 5.87. The fourth-order valence-electron chi connectivity index (χ4n) is 2.88. The second-order valence-electron chi connectivity index (χ2n) is 6.34. The number of ether oxygens (including phenoxy) is 1. The minimum absolute atomic E-state index is 0.0342. The summed E-state index contributed by atoms with van der Waals surface area (Å²) in [5.41, 5.74) is 0.269. The molecule has 1 aliphatic rings. The minimum atomic E-state index is -4.21. The van der Waals surface area contributed by atoms with Crippen molar-refractivity contribution >= 4 is 29.1 Å². The van der Waals surface area contributed by atoms with Gasteiger partial charge in [-0.25, -0.2) is 0 Å². The second kappa shape index (κ2) is 9.27. The van der Waals surface area contributed by atoms with Gasteiger partial charge in [-0.1, -0.05) is 11.6 Å². The number of hydrogen-bond acceptors (Lipinski definition) is 4. The fourth-order valence-corrected chi connectivity index (χ4v) is 3.05. The van der Waals surface area contributed by atoms with Crippen molar-refractivity contribution in [2.24, 2.45) is 5.92 Å². The van der Waals surface area contributed by atoms with Gasteiger partial charge < -0.3 is 15.4 Å². The summed E-state index contributed by atoms with van der Waals surface area (Å²) in [5, 5.41) is 5.32. The molecule has 1 fully saturated rings. The zero-order chi connectivity index (χ0) is 20.0. The lowest BCUT2D eigenvalue weighted by molar-refractivity contribution is -0.148. The SMILES string of the molecule is COc1ccc(Cl)cc1NC(=O)C(=O)NCC1CCN(CC(F)(F)F)CC1. The van der Waals surface area contributed by atoms with E-state index in [1.807, 2.05) is 0 Å². The molecule has 150 valence electrons. The quantitative estimate of drug-likeness (QED) is 0.736. The molecule has 0 unspecified atom stereocenters. The van der Waals surface area contributed by atoms with Gasteiger partial charge in [0.25, 0.3) is 0 Å². The van der Waals surface area contributed by atoms with E-state index in [0.29, 0.717) is 36.7 Å². The molecule has 2 rings (SSSR count). The van der Waals surface area contributed by atoms with E-state index >= 15 is 0 Å². The molecule has 1 aromatic rings. The average molecular weight is 408 g/mol. The Labute approximate surface area is 160 Å². The summed E-state index contributed by atoms with van der Waals surface area (Å²) in [6, 6.07) is 4.60. The number of anilines is 1. The van der Waals surface area contributed by atoms with Gasteiger partial charge in [0.1, 0.15) is 5.75 Å². The lowest BCUT2D eigenvalue weighted by Gasteiger charge is -2.32. The topological polar surface area (TPSA) is 70.7 Å². The summed E-state index contributed by atoms with van der Waals surface area (Å²) in [5.74, 6) is -1.30. The van der Waals surface area contributed by atoms with Crippen LogP contribution in [0.4, 0.5) is 18.9 Å². The van der Waals surface area contributed by atoms with Crippen LogP contribution >= 0.6 is 11.6 Å². The molecule has 27 heavy (non-hydrogen) atoms. The molecule has 0 aromatic heterocycles. The Bertz CT molecular complexity index is 677. The highest BCUT2D eigenvalue weighted by molar-refractivity contribution is 6.40. The van der Waals surface area contributed by atoms with Crippen molar-refractivity contribution in [3.05, 3.63) is 23.2 Å². The maximum atomic E-state index is 12.4. The van der Waals surface area contributed by atoms with Crippen LogP contribution in [0.5, 0.6) is 5.75 Å². The monoisotopic (exact) mass is 407 g/mol. The number of nitrogens with zero attached hydrogens (tertiary/aromatic N) is 1. The first-order chi connectivity index (χ1) is 12.7. The number of carbonyl (C=O) groups excluding carboxylic acids is 2. The van der Waals surface area contributed by atoms with E-state index in [2.05, 4.69) is 10.6 Å². The Hall–Kier alpha value is -2.00. The van der Waals surface area contributed by atoms with E-state index in [9.17, 15) is 22.8 Å². The summed E-state index contributed by atoms with van der Waals surface area (Å²) in [7, 11) is 1.42. The summed E-state index contributed by atoms with van der Waals surface area (Å²) < 4.78 is 42.2. The summed E-state index contributed by atoms with van der Waals surface area (Å²) in [4.78, 5) is 25.3. The smallest absolute Gasteiger partial charge is 0.401 e. The van der Waals surface area contributed by atoms with Crippen LogP contribution in [0.25, 0.3) is 0 Å². The van der Waals surface area contributed by atoms with Crippen LogP contribution in [0.1, 0.15) is 12.8 Å². The van der Waals surface area contributed by atoms with E-state index in [4.69, 9.17) is 16.3 Å². The number of rotatable bonds is 5. The molecule has 2 N–H and O–H groups in total. The predicted molar refractivity (Wildman–Crippen MR) is 94.9 cm³/mol. The minimum Gasteiger partial charge on any atom is -0.495 e. The van der Waals surface area contributed by atoms with Crippen LogP contribution in [0, 0.1) is 5.92 Å². The van der Waals surface area contributed by atoms with Gasteiger partial charge in [0.15, 0.2) is 0 Å². The number of hydrogen-bond donors (Lipinski definition) is 2. The molecule has 1 aliphatic heterocycles. The largest absolute Gasteiger partial charge is 0.495 e. The van der Waals surface area contributed by atoms with Gasteiger partial charge in [-0.3, -0.25) is 14.5 Å². The summed E-state index contributed by atoms with van der Waals surface area (Å²) in [6.07, 6.45) is -3.15. The molecule has 0 aliphatic carbocycles. The van der Waals surface area contributed by atoms with Crippen molar-refractivity contribution in [2.75, 3.05) is 38.6 Å². The Morgan fingerprint density at radius 3 is 2.52 bits per heavy atom. The number of carbonyl (C=O) groups is 2. The van der Waals surface area contributed by atoms with Crippen molar-refractivity contribution < 1.29 is 27.5 Å². The van der Waals surface area contributed by atoms with Crippen molar-refractivity contribution in [1.82, 2.24) is 10.2 Å².